The van der Waals surface area contributed by atoms with E-state index in [1.807, 2.05) is 55.5 Å². The lowest BCUT2D eigenvalue weighted by molar-refractivity contribution is -0.143. The number of hydrogen-bond donors (Lipinski definition) is 5. The van der Waals surface area contributed by atoms with Gasteiger partial charge in [-0.15, -0.1) is 0 Å². The Kier molecular flexibility index (Phi) is 17.6. The van der Waals surface area contributed by atoms with Gasteiger partial charge in [0.05, 0.1) is 4.90 Å². The summed E-state index contributed by atoms with van der Waals surface area (Å²) in [6.45, 7) is 6.65. The zero-order valence-electron chi connectivity index (χ0n) is 36.9. The molecule has 348 valence electrons. The van der Waals surface area contributed by atoms with Crippen LogP contribution in [0, 0.1) is 6.92 Å². The van der Waals surface area contributed by atoms with Gasteiger partial charge in [0.1, 0.15) is 24.9 Å². The van der Waals surface area contributed by atoms with Gasteiger partial charge >= 0.3 is 24.2 Å². The van der Waals surface area contributed by atoms with Gasteiger partial charge < -0.3 is 35.7 Å². The number of hydrogen-bond acceptors (Lipinski definition) is 10. The topological polar surface area (TPSA) is 228 Å². The molecule has 65 heavy (non-hydrogen) atoms. The van der Waals surface area contributed by atoms with Crippen molar-refractivity contribution >= 4 is 51.8 Å². The minimum absolute atomic E-state index is 0.0103. The number of nitrogens with two attached hydrogens (primary N) is 1. The summed E-state index contributed by atoms with van der Waals surface area (Å²) in [6.07, 6.45) is -1.30. The number of sulfonamides is 1. The van der Waals surface area contributed by atoms with Crippen LogP contribution in [0.5, 0.6) is 0 Å². The minimum atomic E-state index is -4.03. The SMILES string of the molecule is Cc1ccc(S(=O)(=O)NC(N)=NCCC[C@@H](C(=O)O)N(C[C@H](CCCCNC(=O)OCc2ccccc2Cl)NC(=O)OC(C)(C)C)C(=O)OCC2c3ccccc3-c3ccccc32)cc1. The van der Waals surface area contributed by atoms with Crippen LogP contribution in [0.1, 0.15) is 81.0 Å². The van der Waals surface area contributed by atoms with Crippen LogP contribution in [0.25, 0.3) is 11.1 Å². The van der Waals surface area contributed by atoms with Gasteiger partial charge in [-0.1, -0.05) is 96.0 Å². The van der Waals surface area contributed by atoms with Crippen molar-refractivity contribution in [1.29, 1.82) is 0 Å². The van der Waals surface area contributed by atoms with Crippen LogP contribution in [0.4, 0.5) is 14.4 Å². The molecule has 4 aromatic carbocycles. The van der Waals surface area contributed by atoms with Crippen molar-refractivity contribution in [2.45, 2.75) is 94.9 Å². The Labute approximate surface area is 384 Å². The fraction of sp³-hybridized carbons (Fsp3) is 0.383. The fourth-order valence-electron chi connectivity index (χ4n) is 7.29. The van der Waals surface area contributed by atoms with E-state index in [0.717, 1.165) is 32.7 Å². The lowest BCUT2D eigenvalue weighted by Crippen LogP contribution is -2.53. The molecule has 18 heteroatoms. The largest absolute Gasteiger partial charge is 0.480 e. The third kappa shape index (κ3) is 14.9. The summed E-state index contributed by atoms with van der Waals surface area (Å²) in [4.78, 5) is 58.2. The van der Waals surface area contributed by atoms with Crippen LogP contribution in [-0.4, -0.2) is 92.6 Å². The third-order valence-electron chi connectivity index (χ3n) is 10.4. The molecule has 0 unspecified atom stereocenters. The summed E-state index contributed by atoms with van der Waals surface area (Å²) in [5, 5.41) is 16.6. The molecular formula is C47H57ClN6O10S. The summed E-state index contributed by atoms with van der Waals surface area (Å²) >= 11 is 6.17. The number of guanidine groups is 1. The van der Waals surface area contributed by atoms with Crippen molar-refractivity contribution in [1.82, 2.24) is 20.3 Å². The van der Waals surface area contributed by atoms with Gasteiger partial charge in [0, 0.05) is 42.2 Å². The summed E-state index contributed by atoms with van der Waals surface area (Å²) < 4.78 is 44.7. The molecule has 0 heterocycles. The monoisotopic (exact) mass is 932 g/mol. The van der Waals surface area contributed by atoms with Gasteiger partial charge in [-0.2, -0.15) is 0 Å². The molecule has 16 nitrogen and oxygen atoms in total. The van der Waals surface area contributed by atoms with Crippen LogP contribution < -0.4 is 21.1 Å². The fourth-order valence-corrected chi connectivity index (χ4v) is 8.43. The highest BCUT2D eigenvalue weighted by Gasteiger charge is 2.35. The highest BCUT2D eigenvalue weighted by Crippen LogP contribution is 2.44. The number of carboxylic acid groups (broad SMARTS) is 1. The van der Waals surface area contributed by atoms with E-state index in [0.29, 0.717) is 23.4 Å². The van der Waals surface area contributed by atoms with Crippen molar-refractivity contribution in [2.75, 3.05) is 26.2 Å². The smallest absolute Gasteiger partial charge is 0.410 e. The molecule has 2 atom stereocenters. The van der Waals surface area contributed by atoms with E-state index in [4.69, 9.17) is 31.5 Å². The van der Waals surface area contributed by atoms with Crippen LogP contribution in [0.3, 0.4) is 0 Å². The lowest BCUT2D eigenvalue weighted by atomic mass is 9.98. The molecule has 0 fully saturated rings. The van der Waals surface area contributed by atoms with E-state index in [2.05, 4.69) is 20.3 Å². The van der Waals surface area contributed by atoms with Crippen LogP contribution in [0.2, 0.25) is 5.02 Å². The first-order valence-corrected chi connectivity index (χ1v) is 23.2. The minimum Gasteiger partial charge on any atom is -0.480 e. The number of fused-ring (bicyclic) bond motifs is 3. The second-order valence-electron chi connectivity index (χ2n) is 16.6. The number of aliphatic imine (C=N–C) groups is 1. The average molecular weight is 934 g/mol. The van der Waals surface area contributed by atoms with Crippen molar-refractivity contribution in [3.05, 3.63) is 124 Å². The van der Waals surface area contributed by atoms with E-state index in [9.17, 15) is 32.7 Å². The molecule has 6 N–H and O–H groups in total. The molecule has 0 bridgehead atoms. The maximum atomic E-state index is 14.3. The molecule has 3 amide bonds. The van der Waals surface area contributed by atoms with E-state index >= 15 is 0 Å². The first-order chi connectivity index (χ1) is 30.9. The number of nitrogens with one attached hydrogen (secondary N) is 3. The zero-order valence-corrected chi connectivity index (χ0v) is 38.5. The number of amides is 3. The van der Waals surface area contributed by atoms with E-state index in [1.165, 1.54) is 12.1 Å². The predicted octanol–water partition coefficient (Wildman–Crippen LogP) is 7.72. The normalized spacial score (nSPS) is 13.4. The van der Waals surface area contributed by atoms with E-state index < -0.39 is 57.9 Å². The van der Waals surface area contributed by atoms with Crippen LogP contribution >= 0.6 is 11.6 Å². The maximum Gasteiger partial charge on any atom is 0.410 e. The summed E-state index contributed by atoms with van der Waals surface area (Å²) in [7, 11) is -4.03. The molecule has 1 aliphatic carbocycles. The predicted molar refractivity (Wildman–Crippen MR) is 247 cm³/mol. The maximum absolute atomic E-state index is 14.3. The number of halogens is 1. The first-order valence-electron chi connectivity index (χ1n) is 21.3. The van der Waals surface area contributed by atoms with Gasteiger partial charge in [0.2, 0.25) is 5.96 Å². The quantitative estimate of drug-likeness (QED) is 0.0249. The number of alkyl carbamates (subject to hydrolysis) is 2. The lowest BCUT2D eigenvalue weighted by Gasteiger charge is -2.33. The number of carbonyl (C=O) groups excluding carboxylic acids is 3. The number of nitrogens with zero attached hydrogens (tertiary/aromatic N) is 2. The van der Waals surface area contributed by atoms with E-state index in [1.54, 1.807) is 57.2 Å². The van der Waals surface area contributed by atoms with E-state index in [-0.39, 0.29) is 62.9 Å². The highest BCUT2D eigenvalue weighted by molar-refractivity contribution is 7.90. The molecule has 1 aliphatic rings. The highest BCUT2D eigenvalue weighted by atomic mass is 35.5. The molecule has 0 saturated carbocycles. The molecule has 4 aromatic rings. The number of carboxylic acids is 1. The van der Waals surface area contributed by atoms with Crippen molar-refractivity contribution in [3.8, 4) is 11.1 Å². The van der Waals surface area contributed by atoms with Crippen molar-refractivity contribution in [2.24, 2.45) is 10.7 Å². The average Bonchev–Trinajstić information content (AvgIpc) is 3.57. The first kappa shape index (κ1) is 49.7. The van der Waals surface area contributed by atoms with Crippen molar-refractivity contribution in [3.63, 3.8) is 0 Å². The van der Waals surface area contributed by atoms with Crippen LogP contribution in [0.15, 0.2) is 107 Å². The molecular weight excluding hydrogens is 876 g/mol. The molecule has 0 aromatic heterocycles. The standard InChI is InChI=1S/C47H57ClN6O10S/c1-31-22-24-34(25-23-31)65(60,61)53-43(49)50-27-13-21-41(42(55)56)54(46(59)63-30-39-37-18-8-6-16-35(37)36-17-7-9-19-38(36)39)28-33(52-45(58)64-47(2,3)4)15-11-12-26-51-44(57)62-29-32-14-5-10-20-40(32)48/h5-10,14,16-20,22-25,33,39,41H,11-13,15,21,26-30H2,1-4H3,(H,51,57)(H,52,58)(H,55,56)(H3,49,50,53)/t33-,41-/m0/s1. The summed E-state index contributed by atoms with van der Waals surface area (Å²) in [6, 6.07) is 26.5. The summed E-state index contributed by atoms with van der Waals surface area (Å²) in [5.41, 5.74) is 10.5. The number of aliphatic carboxylic acids is 1. The number of unbranched alkanes of at least 4 members (excludes halogenated alkanes) is 1. The number of rotatable bonds is 20. The molecule has 0 spiro atoms. The molecule has 5 rings (SSSR count). The number of aryl methyl sites for hydroxylation is 1. The Balaban J connectivity index is 1.31. The number of ether oxygens (including phenoxy) is 3. The second-order valence-corrected chi connectivity index (χ2v) is 18.7. The zero-order chi connectivity index (χ0) is 47.1. The Hall–Kier alpha value is -6.33. The Bertz CT molecular complexity index is 2380. The molecule has 0 aliphatic heterocycles. The molecule has 0 saturated heterocycles. The third-order valence-corrected chi connectivity index (χ3v) is 12.2. The van der Waals surface area contributed by atoms with Gasteiger partial charge in [-0.25, -0.2) is 32.3 Å². The molecule has 0 radical (unpaired) electrons. The van der Waals surface area contributed by atoms with Crippen LogP contribution in [-0.2, 0) is 35.6 Å². The number of benzene rings is 4. The van der Waals surface area contributed by atoms with Gasteiger partial charge in [0.25, 0.3) is 10.0 Å². The number of carbonyl (C=O) groups is 4. The summed E-state index contributed by atoms with van der Waals surface area (Å²) in [5.74, 6) is -2.06. The van der Waals surface area contributed by atoms with Gasteiger partial charge in [-0.3, -0.25) is 9.89 Å². The van der Waals surface area contributed by atoms with Gasteiger partial charge in [0.15, 0.2) is 0 Å². The Morgan fingerprint density at radius 3 is 2.11 bits per heavy atom. The Morgan fingerprint density at radius 1 is 0.846 bits per heavy atom. The van der Waals surface area contributed by atoms with Gasteiger partial charge in [-0.05, 0) is 100 Å². The Morgan fingerprint density at radius 2 is 1.48 bits per heavy atom. The van der Waals surface area contributed by atoms with Crippen molar-refractivity contribution < 1.29 is 46.9 Å². The second kappa shape index (κ2) is 23.0.